The molecule has 5 heteroatoms. The molecule has 4 rings (SSSR count). The molecule has 2 heterocycles. The Kier molecular flexibility index (Phi) is 3.20. The standard InChI is InChI=1S/C17H19ClN2O2/c1-8-4-11-16(19)14(18)5-10(17(11)22-8)15(21)3-2-9-12-6-20-7-13(9)12/h4-5,9,12-13,20H,2-3,6-7,19H2,1H3. The third-order valence-electron chi connectivity index (χ3n) is 5.19. The number of aryl methyl sites for hydroxylation is 1. The Balaban J connectivity index is 1.57. The maximum Gasteiger partial charge on any atom is 0.166 e. The van der Waals surface area contributed by atoms with E-state index in [1.165, 1.54) is 0 Å². The van der Waals surface area contributed by atoms with Crippen LogP contribution in [0.15, 0.2) is 16.5 Å². The normalized spacial score (nSPS) is 26.4. The van der Waals surface area contributed by atoms with Crippen LogP contribution in [0.2, 0.25) is 5.02 Å². The van der Waals surface area contributed by atoms with E-state index in [0.717, 1.165) is 42.5 Å². The highest BCUT2D eigenvalue weighted by atomic mass is 35.5. The lowest BCUT2D eigenvalue weighted by Gasteiger charge is -2.07. The molecule has 0 spiro atoms. The third-order valence-corrected chi connectivity index (χ3v) is 5.51. The highest BCUT2D eigenvalue weighted by Crippen LogP contribution is 2.51. The summed E-state index contributed by atoms with van der Waals surface area (Å²) >= 11 is 6.17. The van der Waals surface area contributed by atoms with E-state index >= 15 is 0 Å². The van der Waals surface area contributed by atoms with Crippen LogP contribution in [0.4, 0.5) is 5.69 Å². The van der Waals surface area contributed by atoms with Gasteiger partial charge in [-0.25, -0.2) is 0 Å². The fourth-order valence-corrected chi connectivity index (χ4v) is 4.14. The number of halogens is 1. The van der Waals surface area contributed by atoms with Gasteiger partial charge in [-0.05, 0) is 56.3 Å². The van der Waals surface area contributed by atoms with Gasteiger partial charge in [-0.1, -0.05) is 11.6 Å². The first-order chi connectivity index (χ1) is 10.6. The van der Waals surface area contributed by atoms with Crippen molar-refractivity contribution in [1.29, 1.82) is 0 Å². The van der Waals surface area contributed by atoms with Crippen LogP contribution in [0.3, 0.4) is 0 Å². The largest absolute Gasteiger partial charge is 0.461 e. The number of anilines is 1. The van der Waals surface area contributed by atoms with Crippen LogP contribution < -0.4 is 11.1 Å². The van der Waals surface area contributed by atoms with Gasteiger partial charge in [0.25, 0.3) is 0 Å². The van der Waals surface area contributed by atoms with Crippen LogP contribution in [0, 0.1) is 24.7 Å². The van der Waals surface area contributed by atoms with Crippen molar-refractivity contribution in [2.45, 2.75) is 19.8 Å². The zero-order valence-electron chi connectivity index (χ0n) is 12.5. The van der Waals surface area contributed by atoms with Crippen LogP contribution in [-0.4, -0.2) is 18.9 Å². The van der Waals surface area contributed by atoms with Crippen LogP contribution in [-0.2, 0) is 0 Å². The lowest BCUT2D eigenvalue weighted by molar-refractivity contribution is 0.0977. The molecular weight excluding hydrogens is 300 g/mol. The number of carbonyl (C=O) groups excluding carboxylic acids is 1. The summed E-state index contributed by atoms with van der Waals surface area (Å²) in [5.41, 5.74) is 7.60. The number of hydrogen-bond donors (Lipinski definition) is 2. The Morgan fingerprint density at radius 1 is 1.41 bits per heavy atom. The van der Waals surface area contributed by atoms with Gasteiger partial charge in [0.15, 0.2) is 5.78 Å². The maximum absolute atomic E-state index is 12.6. The van der Waals surface area contributed by atoms with Gasteiger partial charge in [0.05, 0.1) is 16.3 Å². The van der Waals surface area contributed by atoms with E-state index < -0.39 is 0 Å². The summed E-state index contributed by atoms with van der Waals surface area (Å²) < 4.78 is 5.68. The number of carbonyl (C=O) groups is 1. The predicted molar refractivity (Wildman–Crippen MR) is 87.3 cm³/mol. The van der Waals surface area contributed by atoms with E-state index in [9.17, 15) is 4.79 Å². The molecule has 3 N–H and O–H groups in total. The third kappa shape index (κ3) is 2.13. The van der Waals surface area contributed by atoms with Crippen LogP contribution in [0.25, 0.3) is 11.0 Å². The molecule has 2 fully saturated rings. The molecule has 0 bridgehead atoms. The lowest BCUT2D eigenvalue weighted by Crippen LogP contribution is -2.15. The molecule has 4 nitrogen and oxygen atoms in total. The van der Waals surface area contributed by atoms with E-state index in [4.69, 9.17) is 21.8 Å². The minimum Gasteiger partial charge on any atom is -0.461 e. The van der Waals surface area contributed by atoms with E-state index in [2.05, 4.69) is 5.32 Å². The number of nitrogens with one attached hydrogen (secondary N) is 1. The first-order valence-electron chi connectivity index (χ1n) is 7.78. The van der Waals surface area contributed by atoms with E-state index in [1.54, 1.807) is 6.07 Å². The zero-order chi connectivity index (χ0) is 15.4. The number of fused-ring (bicyclic) bond motifs is 2. The molecule has 22 heavy (non-hydrogen) atoms. The van der Waals surface area contributed by atoms with Gasteiger partial charge < -0.3 is 15.5 Å². The molecule has 2 atom stereocenters. The Labute approximate surface area is 134 Å². The van der Waals surface area contributed by atoms with Crippen LogP contribution >= 0.6 is 11.6 Å². The fraction of sp³-hybridized carbons (Fsp3) is 0.471. The summed E-state index contributed by atoms with van der Waals surface area (Å²) in [6, 6.07) is 3.49. The molecule has 1 saturated heterocycles. The Morgan fingerprint density at radius 2 is 2.14 bits per heavy atom. The number of piperidine rings is 1. The highest BCUT2D eigenvalue weighted by molar-refractivity contribution is 6.35. The average molecular weight is 319 g/mol. The molecule has 116 valence electrons. The van der Waals surface area contributed by atoms with Gasteiger partial charge in [0, 0.05) is 11.8 Å². The van der Waals surface area contributed by atoms with Crippen molar-refractivity contribution in [2.24, 2.45) is 17.8 Å². The smallest absolute Gasteiger partial charge is 0.166 e. The molecular formula is C17H19ClN2O2. The minimum atomic E-state index is 0.0965. The van der Waals surface area contributed by atoms with Gasteiger partial charge in [0.1, 0.15) is 11.3 Å². The quantitative estimate of drug-likeness (QED) is 0.669. The summed E-state index contributed by atoms with van der Waals surface area (Å²) in [5, 5.41) is 4.54. The zero-order valence-corrected chi connectivity index (χ0v) is 13.2. The first kappa shape index (κ1) is 14.1. The maximum atomic E-state index is 12.6. The molecule has 1 aromatic heterocycles. The summed E-state index contributed by atoms with van der Waals surface area (Å²) in [4.78, 5) is 12.6. The SMILES string of the molecule is Cc1cc2c(N)c(Cl)cc(C(=O)CCC3C4CNCC34)c2o1. The van der Waals surface area contributed by atoms with Crippen molar-refractivity contribution in [3.05, 3.63) is 28.5 Å². The molecule has 0 amide bonds. The highest BCUT2D eigenvalue weighted by Gasteiger charge is 2.51. The molecule has 0 radical (unpaired) electrons. The lowest BCUT2D eigenvalue weighted by atomic mass is 10.0. The number of benzene rings is 1. The molecule has 1 aliphatic carbocycles. The Morgan fingerprint density at radius 3 is 2.86 bits per heavy atom. The molecule has 1 aliphatic heterocycles. The van der Waals surface area contributed by atoms with E-state index in [0.29, 0.717) is 34.2 Å². The second-order valence-electron chi connectivity index (χ2n) is 6.53. The Bertz CT molecular complexity index is 758. The summed E-state index contributed by atoms with van der Waals surface area (Å²) in [5.74, 6) is 3.12. The fourth-order valence-electron chi connectivity index (χ4n) is 3.93. The second-order valence-corrected chi connectivity index (χ2v) is 6.94. The van der Waals surface area contributed by atoms with E-state index in [1.807, 2.05) is 13.0 Å². The summed E-state index contributed by atoms with van der Waals surface area (Å²) in [6.45, 7) is 4.07. The van der Waals surface area contributed by atoms with Crippen molar-refractivity contribution in [3.8, 4) is 0 Å². The summed E-state index contributed by atoms with van der Waals surface area (Å²) in [6.07, 6.45) is 1.51. The van der Waals surface area contributed by atoms with E-state index in [-0.39, 0.29) is 5.78 Å². The number of furan rings is 1. The first-order valence-corrected chi connectivity index (χ1v) is 8.16. The number of ketones is 1. The topological polar surface area (TPSA) is 68.3 Å². The Hall–Kier alpha value is -1.52. The van der Waals surface area contributed by atoms with Crippen molar-refractivity contribution >= 4 is 34.0 Å². The summed E-state index contributed by atoms with van der Waals surface area (Å²) in [7, 11) is 0. The number of nitrogens with two attached hydrogens (primary N) is 1. The number of rotatable bonds is 4. The van der Waals surface area contributed by atoms with Crippen molar-refractivity contribution in [1.82, 2.24) is 5.32 Å². The van der Waals surface area contributed by atoms with Crippen molar-refractivity contribution in [2.75, 3.05) is 18.8 Å². The minimum absolute atomic E-state index is 0.0965. The molecule has 2 unspecified atom stereocenters. The number of Topliss-reactive ketones (excluding diaryl/α,β-unsaturated/α-hetero) is 1. The van der Waals surface area contributed by atoms with Gasteiger partial charge in [-0.15, -0.1) is 0 Å². The molecule has 2 aromatic rings. The molecule has 1 aromatic carbocycles. The average Bonchev–Trinajstić information content (AvgIpc) is 2.85. The number of nitrogen functional groups attached to an aromatic ring is 1. The van der Waals surface area contributed by atoms with Crippen LogP contribution in [0.5, 0.6) is 0 Å². The van der Waals surface area contributed by atoms with Gasteiger partial charge in [-0.3, -0.25) is 4.79 Å². The molecule has 2 aliphatic rings. The molecule has 1 saturated carbocycles. The predicted octanol–water partition coefficient (Wildman–Crippen LogP) is 3.41. The van der Waals surface area contributed by atoms with Crippen LogP contribution in [0.1, 0.15) is 29.0 Å². The monoisotopic (exact) mass is 318 g/mol. The number of hydrogen-bond acceptors (Lipinski definition) is 4. The van der Waals surface area contributed by atoms with Gasteiger partial charge in [0.2, 0.25) is 0 Å². The van der Waals surface area contributed by atoms with Gasteiger partial charge in [-0.2, -0.15) is 0 Å². The van der Waals surface area contributed by atoms with Crippen molar-refractivity contribution < 1.29 is 9.21 Å². The van der Waals surface area contributed by atoms with Crippen molar-refractivity contribution in [3.63, 3.8) is 0 Å². The second kappa shape index (κ2) is 5.00. The van der Waals surface area contributed by atoms with Gasteiger partial charge >= 0.3 is 0 Å².